The lowest BCUT2D eigenvalue weighted by atomic mass is 9.95. The molecule has 174 valence electrons. The van der Waals surface area contributed by atoms with Crippen LogP contribution in [0.5, 0.6) is 5.75 Å². The number of aromatic nitrogens is 1. The predicted octanol–water partition coefficient (Wildman–Crippen LogP) is 0.733. The number of rotatable bonds is 6. The van der Waals surface area contributed by atoms with E-state index in [1.165, 1.54) is 0 Å². The Balaban J connectivity index is 1.49. The molecule has 0 bridgehead atoms. The maximum Gasteiger partial charge on any atom is 0.258 e. The quantitative estimate of drug-likeness (QED) is 0.302. The topological polar surface area (TPSA) is 196 Å². The lowest BCUT2D eigenvalue weighted by Crippen LogP contribution is -2.35. The molecule has 4 rings (SSSR count). The van der Waals surface area contributed by atoms with Crippen LogP contribution < -0.4 is 32.2 Å². The van der Waals surface area contributed by atoms with E-state index < -0.39 is 6.04 Å². The van der Waals surface area contributed by atoms with Crippen molar-refractivity contribution in [2.75, 3.05) is 36.5 Å². The van der Waals surface area contributed by atoms with Gasteiger partial charge in [-0.05, 0) is 30.5 Å². The molecule has 2 aliphatic rings. The zero-order valence-corrected chi connectivity index (χ0v) is 18.2. The molecule has 2 unspecified atom stereocenters. The van der Waals surface area contributed by atoms with E-state index in [2.05, 4.69) is 25.9 Å². The van der Waals surface area contributed by atoms with Crippen molar-refractivity contribution in [3.05, 3.63) is 41.0 Å². The number of pyridine rings is 1. The number of carbonyl (C=O) groups is 1. The third-order valence-electron chi connectivity index (χ3n) is 5.47. The molecule has 12 nitrogen and oxygen atoms in total. The van der Waals surface area contributed by atoms with Gasteiger partial charge in [0, 0.05) is 18.7 Å². The van der Waals surface area contributed by atoms with Crippen LogP contribution in [-0.2, 0) is 9.53 Å². The molecule has 3 heterocycles. The first-order valence-corrected chi connectivity index (χ1v) is 10.6. The van der Waals surface area contributed by atoms with Gasteiger partial charge in [-0.3, -0.25) is 10.1 Å². The summed E-state index contributed by atoms with van der Waals surface area (Å²) in [6.45, 7) is 1.08. The van der Waals surface area contributed by atoms with Crippen molar-refractivity contribution in [2.45, 2.75) is 25.0 Å². The molecule has 0 aliphatic carbocycles. The Morgan fingerprint density at radius 2 is 2.09 bits per heavy atom. The summed E-state index contributed by atoms with van der Waals surface area (Å²) in [5.41, 5.74) is 13.5. The Bertz CT molecular complexity index is 1190. The van der Waals surface area contributed by atoms with Gasteiger partial charge in [0.15, 0.2) is 12.8 Å². The first kappa shape index (κ1) is 22.6. The van der Waals surface area contributed by atoms with Crippen molar-refractivity contribution in [1.82, 2.24) is 15.6 Å². The number of nitriles is 2. The van der Waals surface area contributed by atoms with Gasteiger partial charge in [-0.15, -0.1) is 0 Å². The molecule has 7 N–H and O–H groups in total. The van der Waals surface area contributed by atoms with Gasteiger partial charge in [0.05, 0.1) is 11.8 Å². The third-order valence-corrected chi connectivity index (χ3v) is 5.47. The summed E-state index contributed by atoms with van der Waals surface area (Å²) in [5, 5.41) is 26.5. The third kappa shape index (κ3) is 4.77. The van der Waals surface area contributed by atoms with Crippen molar-refractivity contribution in [3.8, 4) is 18.0 Å². The number of aliphatic imine (C=N–C) groups is 1. The molecule has 0 radical (unpaired) electrons. The van der Waals surface area contributed by atoms with Gasteiger partial charge in [-0.25, -0.2) is 9.98 Å². The number of hydrogen-bond acceptors (Lipinski definition) is 11. The summed E-state index contributed by atoms with van der Waals surface area (Å²) in [4.78, 5) is 20.8. The summed E-state index contributed by atoms with van der Waals surface area (Å²) in [6, 6.07) is 8.22. The SMILES string of the molecule is N#CNC1=NC(c2ccc(OCC(=O)NCC3CCCO3)cc2)c2c(nc(N)c(C#N)c2N)N1. The monoisotopic (exact) mass is 461 g/mol. The minimum Gasteiger partial charge on any atom is -0.484 e. The van der Waals surface area contributed by atoms with E-state index >= 15 is 0 Å². The van der Waals surface area contributed by atoms with Crippen LogP contribution >= 0.6 is 0 Å². The highest BCUT2D eigenvalue weighted by molar-refractivity contribution is 5.98. The van der Waals surface area contributed by atoms with Crippen molar-refractivity contribution in [1.29, 1.82) is 10.5 Å². The van der Waals surface area contributed by atoms with E-state index in [1.54, 1.807) is 30.5 Å². The van der Waals surface area contributed by atoms with Crippen LogP contribution in [-0.4, -0.2) is 42.7 Å². The number of carbonyl (C=O) groups excluding carboxylic acids is 1. The molecule has 2 atom stereocenters. The molecular formula is C22H23N9O3. The minimum absolute atomic E-state index is 0.0234. The molecule has 0 saturated carbocycles. The van der Waals surface area contributed by atoms with Gasteiger partial charge in [0.1, 0.15) is 35.1 Å². The van der Waals surface area contributed by atoms with Gasteiger partial charge in [0.2, 0.25) is 5.96 Å². The van der Waals surface area contributed by atoms with Crippen molar-refractivity contribution < 1.29 is 14.3 Å². The number of anilines is 3. The van der Waals surface area contributed by atoms with E-state index in [9.17, 15) is 10.1 Å². The fourth-order valence-electron chi connectivity index (χ4n) is 3.80. The Hall–Kier alpha value is -4.55. The average Bonchev–Trinajstić information content (AvgIpc) is 3.35. The standard InChI is InChI=1S/C22H23N9O3/c23-8-15-18(25)17-19(29-22(28-11-24)31-21(17)30-20(15)26)12-3-5-13(6-4-12)34-10-16(32)27-9-14-2-1-7-33-14/h3-6,14,19H,1-2,7,9-10H2,(H,27,32)(H6,25,26,28,29,30,31). The maximum absolute atomic E-state index is 12.0. The van der Waals surface area contributed by atoms with Crippen LogP contribution in [0, 0.1) is 22.8 Å². The van der Waals surface area contributed by atoms with E-state index in [-0.39, 0.29) is 41.6 Å². The van der Waals surface area contributed by atoms with E-state index in [0.717, 1.165) is 19.4 Å². The van der Waals surface area contributed by atoms with Crippen LogP contribution in [0.4, 0.5) is 17.3 Å². The van der Waals surface area contributed by atoms with Crippen LogP contribution in [0.25, 0.3) is 0 Å². The summed E-state index contributed by atoms with van der Waals surface area (Å²) in [5.74, 6) is 0.703. The fraction of sp³-hybridized carbons (Fsp3) is 0.318. The van der Waals surface area contributed by atoms with E-state index in [0.29, 0.717) is 29.2 Å². The highest BCUT2D eigenvalue weighted by Crippen LogP contribution is 2.40. The Morgan fingerprint density at radius 3 is 2.76 bits per heavy atom. The Labute approximate surface area is 195 Å². The first-order valence-electron chi connectivity index (χ1n) is 10.6. The largest absolute Gasteiger partial charge is 0.484 e. The second-order valence-corrected chi connectivity index (χ2v) is 7.70. The number of amides is 1. The molecule has 2 aliphatic heterocycles. The molecule has 1 amide bonds. The summed E-state index contributed by atoms with van der Waals surface area (Å²) >= 11 is 0. The number of benzene rings is 1. The number of nitrogen functional groups attached to an aromatic ring is 2. The lowest BCUT2D eigenvalue weighted by Gasteiger charge is -2.26. The van der Waals surface area contributed by atoms with Crippen LogP contribution in [0.2, 0.25) is 0 Å². The minimum atomic E-state index is -0.656. The van der Waals surface area contributed by atoms with E-state index in [4.69, 9.17) is 26.2 Å². The maximum atomic E-state index is 12.0. The highest BCUT2D eigenvalue weighted by atomic mass is 16.5. The summed E-state index contributed by atoms with van der Waals surface area (Å²) < 4.78 is 11.1. The normalized spacial score (nSPS) is 18.5. The molecule has 12 heteroatoms. The molecule has 1 saturated heterocycles. The highest BCUT2D eigenvalue weighted by Gasteiger charge is 2.29. The Morgan fingerprint density at radius 1 is 1.29 bits per heavy atom. The zero-order valence-electron chi connectivity index (χ0n) is 18.2. The van der Waals surface area contributed by atoms with Crippen molar-refractivity contribution in [2.24, 2.45) is 4.99 Å². The average molecular weight is 461 g/mol. The van der Waals surface area contributed by atoms with Crippen LogP contribution in [0.1, 0.15) is 35.6 Å². The number of nitrogens with two attached hydrogens (primary N) is 2. The summed E-state index contributed by atoms with van der Waals surface area (Å²) in [6.07, 6.45) is 3.82. The molecule has 1 aromatic heterocycles. The number of hydrogen-bond donors (Lipinski definition) is 5. The zero-order chi connectivity index (χ0) is 24.1. The number of guanidine groups is 1. The molecular weight excluding hydrogens is 438 g/mol. The number of nitrogens with zero attached hydrogens (tertiary/aromatic N) is 4. The number of nitrogens with one attached hydrogen (secondary N) is 3. The van der Waals surface area contributed by atoms with Gasteiger partial charge in [-0.1, -0.05) is 12.1 Å². The molecule has 1 fully saturated rings. The fourth-order valence-corrected chi connectivity index (χ4v) is 3.80. The van der Waals surface area contributed by atoms with Gasteiger partial charge < -0.3 is 31.6 Å². The molecule has 0 spiro atoms. The Kier molecular flexibility index (Phi) is 6.62. The van der Waals surface area contributed by atoms with Crippen molar-refractivity contribution in [3.63, 3.8) is 0 Å². The second kappa shape index (κ2) is 9.94. The number of fused-ring (bicyclic) bond motifs is 1. The first-order chi connectivity index (χ1) is 16.5. The summed E-state index contributed by atoms with van der Waals surface area (Å²) in [7, 11) is 0. The van der Waals surface area contributed by atoms with E-state index in [1.807, 2.05) is 6.07 Å². The molecule has 1 aromatic carbocycles. The lowest BCUT2D eigenvalue weighted by molar-refractivity contribution is -0.123. The smallest absolute Gasteiger partial charge is 0.258 e. The molecule has 34 heavy (non-hydrogen) atoms. The molecule has 2 aromatic rings. The van der Waals surface area contributed by atoms with Crippen LogP contribution in [0.15, 0.2) is 29.3 Å². The predicted molar refractivity (Wildman–Crippen MR) is 123 cm³/mol. The van der Waals surface area contributed by atoms with Crippen molar-refractivity contribution >= 4 is 29.2 Å². The second-order valence-electron chi connectivity index (χ2n) is 7.70. The van der Waals surface area contributed by atoms with Gasteiger partial charge >= 0.3 is 0 Å². The van der Waals surface area contributed by atoms with Gasteiger partial charge in [0.25, 0.3) is 5.91 Å². The number of ether oxygens (including phenoxy) is 2. The van der Waals surface area contributed by atoms with Crippen LogP contribution in [0.3, 0.4) is 0 Å². The van der Waals surface area contributed by atoms with Gasteiger partial charge in [-0.2, -0.15) is 10.5 Å².